The third-order valence-electron chi connectivity index (χ3n) is 20.6. The number of aliphatic hydroxyl groups is 1. The van der Waals surface area contributed by atoms with E-state index in [-0.39, 0.29) is 56.3 Å². The van der Waals surface area contributed by atoms with Crippen LogP contribution in [0.15, 0.2) is 42.1 Å². The maximum atomic E-state index is 15.2. The number of esters is 1. The van der Waals surface area contributed by atoms with E-state index < -0.39 is 203 Å². The Bertz CT molecular complexity index is 3270. The number of nitrogens with zero attached hydrogens (tertiary/aromatic N) is 1. The van der Waals surface area contributed by atoms with Crippen molar-refractivity contribution in [2.75, 3.05) is 13.1 Å². The van der Waals surface area contributed by atoms with Crippen molar-refractivity contribution in [3.05, 3.63) is 47.7 Å². The molecular weight excluding hydrogens is 1410 g/mol. The second-order valence-corrected chi connectivity index (χ2v) is 32.5. The number of carbonyl (C=O) groups excluding carboxylic acids is 14. The number of carbonyl (C=O) groups is 14. The van der Waals surface area contributed by atoms with Crippen molar-refractivity contribution in [1.29, 1.82) is 0 Å². The van der Waals surface area contributed by atoms with E-state index in [1.165, 1.54) is 31.7 Å². The average molecular weight is 1550 g/mol. The highest BCUT2D eigenvalue weighted by Gasteiger charge is 2.45. The van der Waals surface area contributed by atoms with Gasteiger partial charge in [-0.1, -0.05) is 193 Å². The lowest BCUT2D eigenvalue weighted by Crippen LogP contribution is -2.63. The molecule has 29 heteroatoms. The van der Waals surface area contributed by atoms with Crippen molar-refractivity contribution in [3.8, 4) is 0 Å². The number of Topliss-reactive ketones (excluding diaryl/α,β-unsaturated/α-hetero) is 1. The number of allylic oxidation sites excluding steroid dienone is 1. The van der Waals surface area contributed by atoms with Crippen LogP contribution < -0.4 is 63.8 Å². The molecule has 12 amide bonds. The fourth-order valence-corrected chi connectivity index (χ4v) is 13.1. The Kier molecular flexibility index (Phi) is 41.1. The van der Waals surface area contributed by atoms with Crippen molar-refractivity contribution in [3.63, 3.8) is 0 Å². The molecule has 13 N–H and O–H groups in total. The SMILES string of the molecule is C/C=C1\NC(=O)[C@H](Cc2ccccc2)NC(=O)[C@@H](C(C)C)NC(=O)[C@@H]([C@@H](C)CC)NC(=O)[C@H](NC(=O)[C@H](NC(=O)[C@H](CCCCCNC(C)C)CC(=O)[C@H]2CCCN2C(=O)[C@H](NC(=O)[C@@H](NC(=O)[C@@H](NC(=O)[C@H](NC(=O)CCCC(C)C)C(C)C)[C@@H](C)O)C(C)C)C(C)C)[C@@H](C)CC)[C@H](C)OC(=O)[C@H](C(C)C)NC1=O. The Morgan fingerprint density at radius 2 is 1.15 bits per heavy atom. The van der Waals surface area contributed by atoms with Gasteiger partial charge in [-0.25, -0.2) is 4.79 Å². The molecule has 1 aromatic rings. The first-order valence-corrected chi connectivity index (χ1v) is 40.1. The summed E-state index contributed by atoms with van der Waals surface area (Å²) in [5.74, 6) is -15.4. The average Bonchev–Trinajstić information content (AvgIpc) is 1.47. The lowest BCUT2D eigenvalue weighted by atomic mass is 9.90. The Morgan fingerprint density at radius 3 is 1.69 bits per heavy atom. The summed E-state index contributed by atoms with van der Waals surface area (Å²) >= 11 is 0. The summed E-state index contributed by atoms with van der Waals surface area (Å²) in [6.07, 6.45) is 2.78. The van der Waals surface area contributed by atoms with Gasteiger partial charge in [0, 0.05) is 37.8 Å². The molecule has 2 aliphatic heterocycles. The molecule has 1 aromatic carbocycles. The third kappa shape index (κ3) is 30.4. The van der Waals surface area contributed by atoms with E-state index in [0.717, 1.165) is 12.8 Å². The van der Waals surface area contributed by atoms with E-state index in [1.54, 1.807) is 127 Å². The van der Waals surface area contributed by atoms with Crippen LogP contribution >= 0.6 is 0 Å². The number of unbranched alkanes of at least 4 members (excludes halogenated alkanes) is 2. The lowest BCUT2D eigenvalue weighted by molar-refractivity contribution is -0.157. The number of ether oxygens (including phenoxy) is 1. The molecule has 2 aliphatic rings. The van der Waals surface area contributed by atoms with Gasteiger partial charge in [0.25, 0.3) is 5.91 Å². The molecule has 3 rings (SSSR count). The van der Waals surface area contributed by atoms with Gasteiger partial charge in [-0.15, -0.1) is 0 Å². The zero-order valence-corrected chi connectivity index (χ0v) is 69.4. The number of hydrogen-bond acceptors (Lipinski definition) is 17. The van der Waals surface area contributed by atoms with Gasteiger partial charge in [-0.2, -0.15) is 0 Å². The van der Waals surface area contributed by atoms with Crippen LogP contribution in [-0.4, -0.2) is 190 Å². The molecule has 0 unspecified atom stereocenters. The number of rotatable bonds is 38. The maximum absolute atomic E-state index is 15.2. The van der Waals surface area contributed by atoms with Crippen molar-refractivity contribution in [2.45, 2.75) is 314 Å². The zero-order chi connectivity index (χ0) is 83.1. The molecule has 0 aliphatic carbocycles. The summed E-state index contributed by atoms with van der Waals surface area (Å²) in [5, 5.41) is 44.3. The van der Waals surface area contributed by atoms with Gasteiger partial charge in [0.1, 0.15) is 72.2 Å². The summed E-state index contributed by atoms with van der Waals surface area (Å²) in [6.45, 7) is 36.8. The van der Waals surface area contributed by atoms with E-state index in [1.807, 2.05) is 27.7 Å². The molecule has 2 heterocycles. The molecule has 0 saturated carbocycles. The number of cyclic esters (lactones) is 1. The summed E-state index contributed by atoms with van der Waals surface area (Å²) in [6, 6.07) is -5.74. The maximum Gasteiger partial charge on any atom is 0.329 e. The van der Waals surface area contributed by atoms with Crippen molar-refractivity contribution < 1.29 is 77.0 Å². The minimum atomic E-state index is -1.80. The minimum absolute atomic E-state index is 0.0299. The molecule has 0 spiro atoms. The molecule has 16 atom stereocenters. The summed E-state index contributed by atoms with van der Waals surface area (Å²) in [5.41, 5.74) is 0.386. The van der Waals surface area contributed by atoms with Crippen molar-refractivity contribution >= 4 is 82.6 Å². The smallest absolute Gasteiger partial charge is 0.329 e. The van der Waals surface area contributed by atoms with Gasteiger partial charge in [-0.3, -0.25) is 62.3 Å². The van der Waals surface area contributed by atoms with Gasteiger partial charge >= 0.3 is 5.97 Å². The van der Waals surface area contributed by atoms with Crippen molar-refractivity contribution in [1.82, 2.24) is 68.7 Å². The largest absolute Gasteiger partial charge is 0.458 e. The number of ketones is 1. The van der Waals surface area contributed by atoms with Gasteiger partial charge in [0.05, 0.1) is 12.1 Å². The topological polar surface area (TPSA) is 416 Å². The third-order valence-corrected chi connectivity index (χ3v) is 20.6. The van der Waals surface area contributed by atoms with E-state index >= 15 is 19.2 Å². The van der Waals surface area contributed by atoms with Crippen LogP contribution in [0.3, 0.4) is 0 Å². The lowest BCUT2D eigenvalue weighted by Gasteiger charge is -2.33. The number of aliphatic hydroxyl groups excluding tert-OH is 1. The molecule has 0 radical (unpaired) electrons. The fraction of sp³-hybridized carbons (Fsp3) is 0.728. The second-order valence-electron chi connectivity index (χ2n) is 32.5. The van der Waals surface area contributed by atoms with Gasteiger partial charge in [0.15, 0.2) is 5.78 Å². The molecule has 29 nitrogen and oxygen atoms in total. The highest BCUT2D eigenvalue weighted by atomic mass is 16.5. The predicted molar refractivity (Wildman–Crippen MR) is 420 cm³/mol. The predicted octanol–water partition coefficient (Wildman–Crippen LogP) is 4.75. The fourth-order valence-electron chi connectivity index (χ4n) is 13.1. The van der Waals surface area contributed by atoms with Crippen LogP contribution in [0.4, 0.5) is 0 Å². The van der Waals surface area contributed by atoms with E-state index in [4.69, 9.17) is 4.74 Å². The first-order valence-electron chi connectivity index (χ1n) is 40.1. The Balaban J connectivity index is 2.07. The number of hydrogen-bond donors (Lipinski definition) is 13. The molecule has 0 bridgehead atoms. The first-order chi connectivity index (χ1) is 51.6. The Labute approximate surface area is 653 Å². The molecule has 2 saturated heterocycles. The Hall–Kier alpha value is -8.34. The summed E-state index contributed by atoms with van der Waals surface area (Å²) < 4.78 is 6.02. The van der Waals surface area contributed by atoms with Crippen LogP contribution in [0, 0.1) is 53.3 Å². The van der Waals surface area contributed by atoms with E-state index in [9.17, 15) is 53.1 Å². The first kappa shape index (κ1) is 95.9. The van der Waals surface area contributed by atoms with E-state index in [0.29, 0.717) is 56.6 Å². The highest BCUT2D eigenvalue weighted by molar-refractivity contribution is 6.03. The number of likely N-dealkylation sites (tertiary alicyclic amines) is 1. The molecule has 0 aromatic heterocycles. The highest BCUT2D eigenvalue weighted by Crippen LogP contribution is 2.27. The van der Waals surface area contributed by atoms with Crippen LogP contribution in [0.2, 0.25) is 0 Å². The summed E-state index contributed by atoms with van der Waals surface area (Å²) in [4.78, 5) is 204. The van der Waals surface area contributed by atoms with Crippen molar-refractivity contribution in [2.24, 2.45) is 53.3 Å². The zero-order valence-electron chi connectivity index (χ0n) is 69.4. The monoisotopic (exact) mass is 1550 g/mol. The standard InChI is InChI=1S/C81H135N13O16/c1-22-50(18)66(77(105)93-69-53(21)110-81(109)65(48(14)15)89-71(99)56(24-3)83-72(100)57(41-54-34-27-25-28-35-54)84-73(101)62(45(8)9)86-76(104)67(51(19)23-2)91-79(69)107)90-70(98)55(36-29-26-30-39-82-49(16)17)42-59(96)58-37-32-40-94(58)80(108)64(47(12)13)88-75(103)63(46(10)11)87-78(106)68(52(20)95)92-74(102)61(44(6)7)85-60(97)38-31-33-43(4)5/h24-25,27-28,34-35,43-53,55,57-58,61-69,82,95H,22-23,26,29-33,36-42H2,1-21H3,(H,83,100)(H,84,101)(H,85,97)(H,86,104)(H,87,106)(H,88,103)(H,89,99)(H,90,98)(H,91,107)(H,92,102)(H,93,105)/b56-24-/t50-,51-,52+,53-,55+,57-,58+,61+,62+,63-,64+,65-,66+,67+,68-,69+/m0/s1. The van der Waals surface area contributed by atoms with Crippen LogP contribution in [-0.2, 0) is 78.3 Å². The van der Waals surface area contributed by atoms with Crippen LogP contribution in [0.5, 0.6) is 0 Å². The quantitative estimate of drug-likeness (QED) is 0.0241. The van der Waals surface area contributed by atoms with Gasteiger partial charge < -0.3 is 78.5 Å². The molecular formula is C81H135N13O16. The number of nitrogens with one attached hydrogen (secondary N) is 12. The van der Waals surface area contributed by atoms with Gasteiger partial charge in [0.2, 0.25) is 65.0 Å². The van der Waals surface area contributed by atoms with Crippen LogP contribution in [0.25, 0.3) is 0 Å². The second kappa shape index (κ2) is 47.1. The summed E-state index contributed by atoms with van der Waals surface area (Å²) in [7, 11) is 0. The van der Waals surface area contributed by atoms with Crippen LogP contribution in [0.1, 0.15) is 228 Å². The molecule has 620 valence electrons. The van der Waals surface area contributed by atoms with Gasteiger partial charge in [-0.05, 0) is 112 Å². The molecule has 110 heavy (non-hydrogen) atoms. The normalized spacial score (nSPS) is 22.2. The molecule has 2 fully saturated rings. The van der Waals surface area contributed by atoms with E-state index in [2.05, 4.69) is 63.8 Å². The Morgan fingerprint density at radius 1 is 0.591 bits per heavy atom. The minimum Gasteiger partial charge on any atom is -0.458 e. The number of amides is 12. The number of benzene rings is 1.